The highest BCUT2D eigenvalue weighted by Crippen LogP contribution is 2.31. The Bertz CT molecular complexity index is 881. The van der Waals surface area contributed by atoms with Crippen LogP contribution in [0.2, 0.25) is 5.02 Å². The lowest BCUT2D eigenvalue weighted by molar-refractivity contribution is -0.137. The molecule has 1 aliphatic heterocycles. The predicted octanol–water partition coefficient (Wildman–Crippen LogP) is 3.32. The molecule has 2 aromatic carbocycles. The minimum absolute atomic E-state index is 0.0963. The van der Waals surface area contributed by atoms with Crippen LogP contribution in [-0.4, -0.2) is 37.0 Å². The third kappa shape index (κ3) is 3.61. The number of carbonyl (C=O) groups excluding carboxylic acids is 2. The molecule has 0 fully saturated rings. The van der Waals surface area contributed by atoms with E-state index in [0.29, 0.717) is 16.3 Å². The van der Waals surface area contributed by atoms with Gasteiger partial charge in [0, 0.05) is 17.8 Å². The van der Waals surface area contributed by atoms with Gasteiger partial charge in [0.2, 0.25) is 0 Å². The van der Waals surface area contributed by atoms with Crippen molar-refractivity contribution in [2.75, 3.05) is 25.6 Å². The van der Waals surface area contributed by atoms with E-state index < -0.39 is 17.6 Å². The van der Waals surface area contributed by atoms with E-state index in [2.05, 4.69) is 5.32 Å². The summed E-state index contributed by atoms with van der Waals surface area (Å²) in [6, 6.07) is 12.3. The van der Waals surface area contributed by atoms with E-state index >= 15 is 0 Å². The SMILES string of the molecule is COCCN1C(=O)C(Nc2cccc(F)c2)=C(c2ccc(Cl)cc2)C1=O. The maximum absolute atomic E-state index is 13.5. The number of amides is 2. The smallest absolute Gasteiger partial charge is 0.278 e. The molecule has 134 valence electrons. The van der Waals surface area contributed by atoms with E-state index in [1.807, 2.05) is 0 Å². The first-order chi connectivity index (χ1) is 12.5. The Morgan fingerprint density at radius 2 is 1.85 bits per heavy atom. The zero-order valence-electron chi connectivity index (χ0n) is 14.0. The number of ether oxygens (including phenoxy) is 1. The quantitative estimate of drug-likeness (QED) is 0.788. The molecule has 2 amide bonds. The molecule has 0 bridgehead atoms. The Morgan fingerprint density at radius 3 is 2.50 bits per heavy atom. The van der Waals surface area contributed by atoms with Gasteiger partial charge in [0.1, 0.15) is 11.5 Å². The van der Waals surface area contributed by atoms with Crippen LogP contribution in [0, 0.1) is 5.82 Å². The van der Waals surface area contributed by atoms with Crippen molar-refractivity contribution in [1.29, 1.82) is 0 Å². The summed E-state index contributed by atoms with van der Waals surface area (Å²) in [6.07, 6.45) is 0. The monoisotopic (exact) mass is 374 g/mol. The molecular weight excluding hydrogens is 359 g/mol. The minimum atomic E-state index is -0.485. The van der Waals surface area contributed by atoms with Gasteiger partial charge in [-0.15, -0.1) is 0 Å². The third-order valence-corrected chi connectivity index (χ3v) is 4.17. The molecule has 0 saturated carbocycles. The second kappa shape index (κ2) is 7.68. The van der Waals surface area contributed by atoms with Crippen molar-refractivity contribution in [2.45, 2.75) is 0 Å². The van der Waals surface area contributed by atoms with E-state index in [9.17, 15) is 14.0 Å². The molecule has 0 atom stereocenters. The van der Waals surface area contributed by atoms with Crippen LogP contribution in [0.5, 0.6) is 0 Å². The van der Waals surface area contributed by atoms with E-state index in [0.717, 1.165) is 4.90 Å². The number of carbonyl (C=O) groups is 2. The fourth-order valence-electron chi connectivity index (χ4n) is 2.67. The maximum Gasteiger partial charge on any atom is 0.278 e. The number of hydrogen-bond acceptors (Lipinski definition) is 4. The lowest BCUT2D eigenvalue weighted by atomic mass is 10.0. The van der Waals surface area contributed by atoms with Crippen molar-refractivity contribution in [3.63, 3.8) is 0 Å². The van der Waals surface area contributed by atoms with Crippen molar-refractivity contribution in [1.82, 2.24) is 4.90 Å². The van der Waals surface area contributed by atoms with E-state index in [1.165, 1.54) is 25.3 Å². The first kappa shape index (κ1) is 18.1. The number of methoxy groups -OCH3 is 1. The molecule has 3 rings (SSSR count). The van der Waals surface area contributed by atoms with Gasteiger partial charge in [0.25, 0.3) is 11.8 Å². The second-order valence-corrected chi connectivity index (χ2v) is 6.08. The van der Waals surface area contributed by atoms with Gasteiger partial charge in [-0.25, -0.2) is 4.39 Å². The maximum atomic E-state index is 13.5. The number of anilines is 1. The molecule has 5 nitrogen and oxygen atoms in total. The number of hydrogen-bond donors (Lipinski definition) is 1. The average molecular weight is 375 g/mol. The molecule has 0 unspecified atom stereocenters. The standard InChI is InChI=1S/C19H16ClFN2O3/c1-26-10-9-23-18(24)16(12-5-7-13(20)8-6-12)17(19(23)25)22-15-4-2-3-14(21)11-15/h2-8,11,22H,9-10H2,1H3. The Morgan fingerprint density at radius 1 is 1.12 bits per heavy atom. The van der Waals surface area contributed by atoms with Crippen LogP contribution in [0.15, 0.2) is 54.2 Å². The van der Waals surface area contributed by atoms with Gasteiger partial charge in [-0.05, 0) is 35.9 Å². The number of benzene rings is 2. The lowest BCUT2D eigenvalue weighted by Crippen LogP contribution is -2.35. The minimum Gasteiger partial charge on any atom is -0.383 e. The molecule has 7 heteroatoms. The summed E-state index contributed by atoms with van der Waals surface area (Å²) in [5.41, 5.74) is 1.24. The van der Waals surface area contributed by atoms with E-state index in [-0.39, 0.29) is 24.4 Å². The van der Waals surface area contributed by atoms with Gasteiger partial charge >= 0.3 is 0 Å². The van der Waals surface area contributed by atoms with Crippen LogP contribution >= 0.6 is 11.6 Å². The number of halogens is 2. The summed E-state index contributed by atoms with van der Waals surface area (Å²) in [5, 5.41) is 3.40. The second-order valence-electron chi connectivity index (χ2n) is 5.65. The highest BCUT2D eigenvalue weighted by Gasteiger charge is 2.38. The van der Waals surface area contributed by atoms with Gasteiger partial charge in [0.15, 0.2) is 0 Å². The molecule has 26 heavy (non-hydrogen) atoms. The van der Waals surface area contributed by atoms with Crippen molar-refractivity contribution >= 4 is 34.7 Å². The third-order valence-electron chi connectivity index (χ3n) is 3.91. The van der Waals surface area contributed by atoms with Gasteiger partial charge in [-0.3, -0.25) is 14.5 Å². The normalized spacial score (nSPS) is 14.3. The molecule has 2 aromatic rings. The Hall–Kier alpha value is -2.70. The summed E-state index contributed by atoms with van der Waals surface area (Å²) >= 11 is 5.91. The van der Waals surface area contributed by atoms with E-state index in [4.69, 9.17) is 16.3 Å². The van der Waals surface area contributed by atoms with Crippen molar-refractivity contribution in [3.8, 4) is 0 Å². The molecular formula is C19H16ClFN2O3. The van der Waals surface area contributed by atoms with E-state index in [1.54, 1.807) is 30.3 Å². The summed E-state index contributed by atoms with van der Waals surface area (Å²) < 4.78 is 18.4. The predicted molar refractivity (Wildman–Crippen MR) is 97.0 cm³/mol. The van der Waals surface area contributed by atoms with Crippen LogP contribution in [0.1, 0.15) is 5.56 Å². The molecule has 0 aromatic heterocycles. The fraction of sp³-hybridized carbons (Fsp3) is 0.158. The van der Waals surface area contributed by atoms with Crippen LogP contribution in [0.4, 0.5) is 10.1 Å². The van der Waals surface area contributed by atoms with Gasteiger partial charge in [-0.1, -0.05) is 29.8 Å². The van der Waals surface area contributed by atoms with Crippen LogP contribution in [-0.2, 0) is 14.3 Å². The molecule has 1 aliphatic rings. The van der Waals surface area contributed by atoms with Crippen molar-refractivity contribution in [3.05, 3.63) is 70.6 Å². The topological polar surface area (TPSA) is 58.6 Å². The Labute approximate surface area is 155 Å². The summed E-state index contributed by atoms with van der Waals surface area (Å²) in [5.74, 6) is -1.37. The van der Waals surface area contributed by atoms with Crippen LogP contribution < -0.4 is 5.32 Å². The zero-order valence-corrected chi connectivity index (χ0v) is 14.7. The number of imide groups is 1. The first-order valence-corrected chi connectivity index (χ1v) is 8.27. The molecule has 1 heterocycles. The Kier molecular flexibility index (Phi) is 5.35. The summed E-state index contributed by atoms with van der Waals surface area (Å²) in [6.45, 7) is 0.345. The van der Waals surface area contributed by atoms with Crippen LogP contribution in [0.3, 0.4) is 0 Å². The number of nitrogens with zero attached hydrogens (tertiary/aromatic N) is 1. The highest BCUT2D eigenvalue weighted by molar-refractivity contribution is 6.36. The largest absolute Gasteiger partial charge is 0.383 e. The highest BCUT2D eigenvalue weighted by atomic mass is 35.5. The van der Waals surface area contributed by atoms with Crippen LogP contribution in [0.25, 0.3) is 5.57 Å². The molecule has 0 radical (unpaired) electrons. The zero-order chi connectivity index (χ0) is 18.7. The number of rotatable bonds is 6. The van der Waals surface area contributed by atoms with Gasteiger partial charge < -0.3 is 10.1 Å². The summed E-state index contributed by atoms with van der Waals surface area (Å²) in [7, 11) is 1.49. The molecule has 1 N–H and O–H groups in total. The number of nitrogens with one attached hydrogen (secondary N) is 1. The van der Waals surface area contributed by atoms with Crippen molar-refractivity contribution in [2.24, 2.45) is 0 Å². The first-order valence-electron chi connectivity index (χ1n) is 7.89. The molecule has 0 spiro atoms. The molecule has 0 saturated heterocycles. The average Bonchev–Trinajstić information content (AvgIpc) is 2.84. The molecule has 0 aliphatic carbocycles. The van der Waals surface area contributed by atoms with Crippen molar-refractivity contribution < 1.29 is 18.7 Å². The Balaban J connectivity index is 2.03. The van der Waals surface area contributed by atoms with Gasteiger partial charge in [0.05, 0.1) is 18.7 Å². The lowest BCUT2D eigenvalue weighted by Gasteiger charge is -2.14. The summed E-state index contributed by atoms with van der Waals surface area (Å²) in [4.78, 5) is 26.7. The van der Waals surface area contributed by atoms with Gasteiger partial charge in [-0.2, -0.15) is 0 Å². The fourth-order valence-corrected chi connectivity index (χ4v) is 2.80.